The van der Waals surface area contributed by atoms with E-state index >= 15 is 0 Å². The van der Waals surface area contributed by atoms with Crippen molar-refractivity contribution in [2.75, 3.05) is 13.2 Å². The van der Waals surface area contributed by atoms with Gasteiger partial charge in [0.25, 0.3) is 0 Å². The third-order valence-corrected chi connectivity index (χ3v) is 1.59. The van der Waals surface area contributed by atoms with Gasteiger partial charge in [-0.1, -0.05) is 13.8 Å². The van der Waals surface area contributed by atoms with Crippen LogP contribution in [0.4, 0.5) is 0 Å². The lowest BCUT2D eigenvalue weighted by Gasteiger charge is -2.04. The van der Waals surface area contributed by atoms with Crippen LogP contribution in [0.25, 0.3) is 0 Å². The molecule has 0 radical (unpaired) electrons. The standard InChI is InChI=1S/C10H16O4S2/c1-7(15)5-13-9(11)3-4-10(12)14-6-8(2)16/h3-4,7-8,15-16H,5-6H2,1-2H3. The fourth-order valence-corrected chi connectivity index (χ4v) is 0.787. The lowest BCUT2D eigenvalue weighted by Crippen LogP contribution is -2.12. The first-order valence-electron chi connectivity index (χ1n) is 4.79. The summed E-state index contributed by atoms with van der Waals surface area (Å²) in [6.07, 6.45) is 2.06. The average Bonchev–Trinajstić information content (AvgIpc) is 2.20. The van der Waals surface area contributed by atoms with Crippen molar-refractivity contribution in [2.24, 2.45) is 0 Å². The van der Waals surface area contributed by atoms with Crippen LogP contribution in [-0.4, -0.2) is 35.7 Å². The van der Waals surface area contributed by atoms with E-state index in [9.17, 15) is 9.59 Å². The van der Waals surface area contributed by atoms with E-state index in [0.717, 1.165) is 12.2 Å². The molecule has 0 aromatic heterocycles. The second-order valence-electron chi connectivity index (χ2n) is 3.29. The summed E-state index contributed by atoms with van der Waals surface area (Å²) in [5.41, 5.74) is 0. The predicted molar refractivity (Wildman–Crippen MR) is 68.0 cm³/mol. The minimum Gasteiger partial charge on any atom is -0.461 e. The molecule has 0 N–H and O–H groups in total. The quantitative estimate of drug-likeness (QED) is 0.431. The van der Waals surface area contributed by atoms with Crippen LogP contribution in [0.15, 0.2) is 12.2 Å². The van der Waals surface area contributed by atoms with Crippen molar-refractivity contribution in [1.82, 2.24) is 0 Å². The molecule has 4 nitrogen and oxygen atoms in total. The Bertz CT molecular complexity index is 236. The van der Waals surface area contributed by atoms with Gasteiger partial charge in [-0.25, -0.2) is 9.59 Å². The maximum absolute atomic E-state index is 11.0. The number of hydrogen-bond acceptors (Lipinski definition) is 6. The van der Waals surface area contributed by atoms with Gasteiger partial charge in [-0.3, -0.25) is 0 Å². The van der Waals surface area contributed by atoms with Crippen molar-refractivity contribution in [3.05, 3.63) is 12.2 Å². The third-order valence-electron chi connectivity index (χ3n) is 1.29. The van der Waals surface area contributed by atoms with Crippen LogP contribution in [0.2, 0.25) is 0 Å². The Labute approximate surface area is 106 Å². The Morgan fingerprint density at radius 1 is 1.00 bits per heavy atom. The summed E-state index contributed by atoms with van der Waals surface area (Å²) in [7, 11) is 0. The second-order valence-corrected chi connectivity index (χ2v) is 5.05. The first-order chi connectivity index (χ1) is 7.41. The molecule has 92 valence electrons. The van der Waals surface area contributed by atoms with Gasteiger partial charge in [0.05, 0.1) is 0 Å². The molecule has 0 bridgehead atoms. The van der Waals surface area contributed by atoms with E-state index in [2.05, 4.69) is 25.3 Å². The number of ether oxygens (including phenoxy) is 2. The summed E-state index contributed by atoms with van der Waals surface area (Å²) >= 11 is 8.07. The number of carbonyl (C=O) groups is 2. The van der Waals surface area contributed by atoms with Gasteiger partial charge in [-0.15, -0.1) is 0 Å². The Morgan fingerprint density at radius 3 is 1.56 bits per heavy atom. The van der Waals surface area contributed by atoms with Gasteiger partial charge < -0.3 is 9.47 Å². The average molecular weight is 264 g/mol. The molecule has 0 saturated heterocycles. The van der Waals surface area contributed by atoms with Gasteiger partial charge in [-0.05, 0) is 0 Å². The summed E-state index contributed by atoms with van der Waals surface area (Å²) in [4.78, 5) is 22.0. The molecule has 0 heterocycles. The molecule has 0 saturated carbocycles. The highest BCUT2D eigenvalue weighted by molar-refractivity contribution is 7.81. The lowest BCUT2D eigenvalue weighted by molar-refractivity contribution is -0.140. The van der Waals surface area contributed by atoms with Crippen LogP contribution in [0.3, 0.4) is 0 Å². The molecule has 16 heavy (non-hydrogen) atoms. The molecule has 0 aliphatic heterocycles. The molecule has 0 fully saturated rings. The Morgan fingerprint density at radius 2 is 1.31 bits per heavy atom. The zero-order valence-electron chi connectivity index (χ0n) is 9.25. The molecule has 0 aliphatic carbocycles. The molecular weight excluding hydrogens is 248 g/mol. The minimum atomic E-state index is -0.586. The molecule has 0 spiro atoms. The van der Waals surface area contributed by atoms with E-state index in [1.165, 1.54) is 0 Å². The van der Waals surface area contributed by atoms with Crippen molar-refractivity contribution < 1.29 is 19.1 Å². The Hall–Kier alpha value is -0.620. The topological polar surface area (TPSA) is 52.6 Å². The zero-order valence-corrected chi connectivity index (χ0v) is 11.0. The monoisotopic (exact) mass is 264 g/mol. The summed E-state index contributed by atoms with van der Waals surface area (Å²) < 4.78 is 9.51. The molecule has 0 aromatic carbocycles. The van der Waals surface area contributed by atoms with Crippen molar-refractivity contribution in [1.29, 1.82) is 0 Å². The van der Waals surface area contributed by atoms with Crippen molar-refractivity contribution in [3.63, 3.8) is 0 Å². The number of hydrogen-bond donors (Lipinski definition) is 2. The highest BCUT2D eigenvalue weighted by Gasteiger charge is 2.03. The molecule has 0 amide bonds. The molecule has 0 rings (SSSR count). The van der Waals surface area contributed by atoms with E-state index in [-0.39, 0.29) is 23.7 Å². The summed E-state index contributed by atoms with van der Waals surface area (Å²) in [5.74, 6) is -1.17. The highest BCUT2D eigenvalue weighted by atomic mass is 32.1. The van der Waals surface area contributed by atoms with Crippen molar-refractivity contribution in [3.8, 4) is 0 Å². The number of carbonyl (C=O) groups excluding carboxylic acids is 2. The van der Waals surface area contributed by atoms with Crippen molar-refractivity contribution in [2.45, 2.75) is 24.3 Å². The lowest BCUT2D eigenvalue weighted by atomic mass is 10.4. The highest BCUT2D eigenvalue weighted by Crippen LogP contribution is 1.96. The van der Waals surface area contributed by atoms with E-state index in [4.69, 9.17) is 9.47 Å². The summed E-state index contributed by atoms with van der Waals surface area (Å²) in [6, 6.07) is 0. The minimum absolute atomic E-state index is 0.0330. The number of rotatable bonds is 6. The Balaban J connectivity index is 3.80. The smallest absolute Gasteiger partial charge is 0.331 e. The van der Waals surface area contributed by atoms with Gasteiger partial charge in [-0.2, -0.15) is 25.3 Å². The van der Waals surface area contributed by atoms with Crippen LogP contribution in [-0.2, 0) is 19.1 Å². The molecule has 2 unspecified atom stereocenters. The van der Waals surface area contributed by atoms with Gasteiger partial charge in [0, 0.05) is 22.7 Å². The van der Waals surface area contributed by atoms with Crippen LogP contribution < -0.4 is 0 Å². The molecule has 6 heteroatoms. The van der Waals surface area contributed by atoms with Crippen LogP contribution in [0, 0.1) is 0 Å². The first-order valence-corrected chi connectivity index (χ1v) is 5.82. The number of thiol groups is 2. The van der Waals surface area contributed by atoms with E-state index < -0.39 is 11.9 Å². The van der Waals surface area contributed by atoms with E-state index in [0.29, 0.717) is 0 Å². The fourth-order valence-electron chi connectivity index (χ4n) is 0.638. The van der Waals surface area contributed by atoms with Crippen LogP contribution in [0.1, 0.15) is 13.8 Å². The van der Waals surface area contributed by atoms with E-state index in [1.807, 2.05) is 0 Å². The molecule has 0 aromatic rings. The van der Waals surface area contributed by atoms with Crippen LogP contribution >= 0.6 is 25.3 Å². The largest absolute Gasteiger partial charge is 0.461 e. The first kappa shape index (κ1) is 15.4. The normalized spacial score (nSPS) is 14.5. The maximum Gasteiger partial charge on any atom is 0.331 e. The van der Waals surface area contributed by atoms with Gasteiger partial charge in [0.1, 0.15) is 13.2 Å². The zero-order chi connectivity index (χ0) is 12.6. The second kappa shape index (κ2) is 8.52. The SMILES string of the molecule is CC(S)COC(=O)C=CC(=O)OCC(C)S. The van der Waals surface area contributed by atoms with Gasteiger partial charge in [0.15, 0.2) is 0 Å². The molecule has 2 atom stereocenters. The predicted octanol–water partition coefficient (Wildman–Crippen LogP) is 1.27. The molecular formula is C10H16O4S2. The summed E-state index contributed by atoms with van der Waals surface area (Å²) in [6.45, 7) is 3.99. The number of esters is 2. The van der Waals surface area contributed by atoms with Crippen LogP contribution in [0.5, 0.6) is 0 Å². The fraction of sp³-hybridized carbons (Fsp3) is 0.600. The van der Waals surface area contributed by atoms with Gasteiger partial charge in [0.2, 0.25) is 0 Å². The van der Waals surface area contributed by atoms with Crippen molar-refractivity contribution >= 4 is 37.2 Å². The van der Waals surface area contributed by atoms with E-state index in [1.54, 1.807) is 13.8 Å². The maximum atomic E-state index is 11.0. The third kappa shape index (κ3) is 9.92. The summed E-state index contributed by atoms with van der Waals surface area (Å²) in [5, 5.41) is -0.0660. The van der Waals surface area contributed by atoms with Gasteiger partial charge >= 0.3 is 11.9 Å². The molecule has 0 aliphatic rings. The Kier molecular flexibility index (Phi) is 8.19.